The van der Waals surface area contributed by atoms with Crippen molar-refractivity contribution < 1.29 is 4.79 Å². The molecule has 0 aromatic heterocycles. The summed E-state index contributed by atoms with van der Waals surface area (Å²) < 4.78 is 0. The van der Waals surface area contributed by atoms with Crippen molar-refractivity contribution in [2.75, 3.05) is 24.7 Å². The quantitative estimate of drug-likeness (QED) is 0.802. The van der Waals surface area contributed by atoms with Crippen molar-refractivity contribution in [2.45, 2.75) is 33.2 Å². The first-order chi connectivity index (χ1) is 8.81. The summed E-state index contributed by atoms with van der Waals surface area (Å²) in [5.74, 6) is 0.502. The van der Waals surface area contributed by atoms with E-state index >= 15 is 0 Å². The maximum Gasteiger partial charge on any atom is 0.251 e. The van der Waals surface area contributed by atoms with Crippen LogP contribution in [0.3, 0.4) is 0 Å². The Kier molecular flexibility index (Phi) is 5.21. The lowest BCUT2D eigenvalue weighted by atomic mass is 10.0. The third-order valence-corrected chi connectivity index (χ3v) is 2.97. The van der Waals surface area contributed by atoms with E-state index in [1.54, 1.807) is 6.07 Å². The van der Waals surface area contributed by atoms with Gasteiger partial charge in [-0.15, -0.1) is 0 Å². The maximum atomic E-state index is 12.1. The first kappa shape index (κ1) is 15.3. The van der Waals surface area contributed by atoms with E-state index in [9.17, 15) is 4.79 Å². The van der Waals surface area contributed by atoms with E-state index in [0.717, 1.165) is 12.1 Å². The van der Waals surface area contributed by atoms with Gasteiger partial charge in [0.2, 0.25) is 0 Å². The number of hydrogen-bond donors (Lipinski definition) is 2. The Morgan fingerprint density at radius 1 is 1.32 bits per heavy atom. The van der Waals surface area contributed by atoms with Crippen molar-refractivity contribution in [3.8, 4) is 0 Å². The van der Waals surface area contributed by atoms with Gasteiger partial charge in [0.25, 0.3) is 5.91 Å². The Hall–Kier alpha value is -1.71. The summed E-state index contributed by atoms with van der Waals surface area (Å²) in [6.07, 6.45) is 0.969. The molecule has 0 saturated heterocycles. The van der Waals surface area contributed by atoms with Gasteiger partial charge in [-0.2, -0.15) is 0 Å². The molecule has 0 bridgehead atoms. The Morgan fingerprint density at radius 3 is 2.42 bits per heavy atom. The maximum absolute atomic E-state index is 12.1. The highest BCUT2D eigenvalue weighted by Crippen LogP contribution is 2.22. The fourth-order valence-corrected chi connectivity index (χ4v) is 2.18. The Bertz CT molecular complexity index is 441. The van der Waals surface area contributed by atoms with Crippen LogP contribution in [0.2, 0.25) is 0 Å². The molecule has 4 heteroatoms. The van der Waals surface area contributed by atoms with E-state index in [2.05, 4.69) is 19.2 Å². The van der Waals surface area contributed by atoms with Crippen LogP contribution in [0.25, 0.3) is 0 Å². The minimum atomic E-state index is -0.0647. The molecule has 1 aromatic rings. The molecule has 1 amide bonds. The largest absolute Gasteiger partial charge is 0.397 e. The van der Waals surface area contributed by atoms with E-state index in [1.165, 1.54) is 0 Å². The molecule has 0 radical (unpaired) electrons. The van der Waals surface area contributed by atoms with Crippen LogP contribution in [0.4, 0.5) is 11.4 Å². The van der Waals surface area contributed by atoms with Crippen molar-refractivity contribution in [3.05, 3.63) is 23.8 Å². The van der Waals surface area contributed by atoms with Crippen molar-refractivity contribution in [1.29, 1.82) is 0 Å². The Morgan fingerprint density at radius 2 is 1.95 bits per heavy atom. The predicted octanol–water partition coefficient (Wildman–Crippen LogP) is 2.50. The number of nitrogens with two attached hydrogens (primary N) is 1. The molecule has 3 N–H and O–H groups in total. The number of nitrogens with one attached hydrogen (secondary N) is 1. The van der Waals surface area contributed by atoms with Gasteiger partial charge in [-0.1, -0.05) is 13.8 Å². The monoisotopic (exact) mass is 263 g/mol. The van der Waals surface area contributed by atoms with Gasteiger partial charge in [0.15, 0.2) is 0 Å². The van der Waals surface area contributed by atoms with Crippen molar-refractivity contribution in [3.63, 3.8) is 0 Å². The topological polar surface area (TPSA) is 58.4 Å². The molecule has 4 nitrogen and oxygen atoms in total. The Labute approximate surface area is 116 Å². The number of carbonyl (C=O) groups is 1. The number of anilines is 2. The summed E-state index contributed by atoms with van der Waals surface area (Å²) in [4.78, 5) is 14.0. The first-order valence-electron chi connectivity index (χ1n) is 6.69. The van der Waals surface area contributed by atoms with E-state index in [4.69, 9.17) is 5.73 Å². The third kappa shape index (κ3) is 4.47. The highest BCUT2D eigenvalue weighted by Gasteiger charge is 2.12. The van der Waals surface area contributed by atoms with Gasteiger partial charge in [0.1, 0.15) is 0 Å². The van der Waals surface area contributed by atoms with Crippen molar-refractivity contribution in [1.82, 2.24) is 5.32 Å². The zero-order valence-electron chi connectivity index (χ0n) is 12.5. The number of amides is 1. The van der Waals surface area contributed by atoms with Crippen LogP contribution in [-0.4, -0.2) is 26.0 Å². The highest BCUT2D eigenvalue weighted by atomic mass is 16.1. The van der Waals surface area contributed by atoms with Gasteiger partial charge in [-0.05, 0) is 37.5 Å². The molecule has 0 aliphatic rings. The van der Waals surface area contributed by atoms with Crippen LogP contribution in [0, 0.1) is 5.92 Å². The SMILES string of the molecule is CC(C)CC(C)NC(=O)c1ccc(N(C)C)c(N)c1. The summed E-state index contributed by atoms with van der Waals surface area (Å²) in [6.45, 7) is 6.31. The van der Waals surface area contributed by atoms with Crippen LogP contribution >= 0.6 is 0 Å². The molecule has 0 aliphatic carbocycles. The molecular weight excluding hydrogens is 238 g/mol. The Balaban J connectivity index is 2.75. The van der Waals surface area contributed by atoms with Crippen molar-refractivity contribution >= 4 is 17.3 Å². The molecule has 0 fully saturated rings. The van der Waals surface area contributed by atoms with E-state index in [-0.39, 0.29) is 11.9 Å². The van der Waals surface area contributed by atoms with Crippen molar-refractivity contribution in [2.24, 2.45) is 5.92 Å². The number of nitrogen functional groups attached to an aromatic ring is 1. The van der Waals surface area contributed by atoms with E-state index in [0.29, 0.717) is 17.2 Å². The summed E-state index contributed by atoms with van der Waals surface area (Å²) in [7, 11) is 3.85. The molecule has 0 saturated carbocycles. The molecule has 1 atom stereocenters. The van der Waals surface area contributed by atoms with Gasteiger partial charge in [0.05, 0.1) is 11.4 Å². The van der Waals surface area contributed by atoms with Crippen LogP contribution in [0.5, 0.6) is 0 Å². The summed E-state index contributed by atoms with van der Waals surface area (Å²) in [6, 6.07) is 5.58. The summed E-state index contributed by atoms with van der Waals surface area (Å²) in [5.41, 5.74) is 8.10. The number of carbonyl (C=O) groups excluding carboxylic acids is 1. The molecule has 19 heavy (non-hydrogen) atoms. The normalized spacial score (nSPS) is 12.3. The zero-order chi connectivity index (χ0) is 14.6. The number of nitrogens with zero attached hydrogens (tertiary/aromatic N) is 1. The van der Waals surface area contributed by atoms with Crippen LogP contribution < -0.4 is 16.0 Å². The van der Waals surface area contributed by atoms with Crippen LogP contribution in [0.1, 0.15) is 37.6 Å². The molecule has 1 unspecified atom stereocenters. The summed E-state index contributed by atoms with van der Waals surface area (Å²) in [5, 5.41) is 3.00. The second kappa shape index (κ2) is 6.45. The smallest absolute Gasteiger partial charge is 0.251 e. The van der Waals surface area contributed by atoms with Crippen LogP contribution in [-0.2, 0) is 0 Å². The lowest BCUT2D eigenvalue weighted by Gasteiger charge is -2.18. The van der Waals surface area contributed by atoms with Gasteiger partial charge >= 0.3 is 0 Å². The van der Waals surface area contributed by atoms with Gasteiger partial charge in [-0.25, -0.2) is 0 Å². The van der Waals surface area contributed by atoms with Gasteiger partial charge in [-0.3, -0.25) is 4.79 Å². The van der Waals surface area contributed by atoms with Gasteiger partial charge < -0.3 is 16.0 Å². The molecule has 0 heterocycles. The lowest BCUT2D eigenvalue weighted by Crippen LogP contribution is -2.33. The zero-order valence-corrected chi connectivity index (χ0v) is 12.5. The van der Waals surface area contributed by atoms with Crippen LogP contribution in [0.15, 0.2) is 18.2 Å². The standard InChI is InChI=1S/C15H25N3O/c1-10(2)8-11(3)17-15(19)12-6-7-14(18(4)5)13(16)9-12/h6-7,9-11H,8,16H2,1-5H3,(H,17,19). The molecule has 0 aliphatic heterocycles. The second-order valence-electron chi connectivity index (χ2n) is 5.67. The number of rotatable bonds is 5. The predicted molar refractivity (Wildman–Crippen MR) is 81.6 cm³/mol. The number of benzene rings is 1. The highest BCUT2D eigenvalue weighted by molar-refractivity contribution is 5.96. The minimum Gasteiger partial charge on any atom is -0.397 e. The average Bonchev–Trinajstić information content (AvgIpc) is 2.26. The summed E-state index contributed by atoms with van der Waals surface area (Å²) >= 11 is 0. The molecule has 106 valence electrons. The fraction of sp³-hybridized carbons (Fsp3) is 0.533. The minimum absolute atomic E-state index is 0.0647. The molecule has 1 rings (SSSR count). The second-order valence-corrected chi connectivity index (χ2v) is 5.67. The number of hydrogen-bond acceptors (Lipinski definition) is 3. The molecular formula is C15H25N3O. The van der Waals surface area contributed by atoms with Gasteiger partial charge in [0, 0.05) is 25.7 Å². The van der Waals surface area contributed by atoms with E-state index < -0.39 is 0 Å². The average molecular weight is 263 g/mol. The fourth-order valence-electron chi connectivity index (χ4n) is 2.18. The third-order valence-electron chi connectivity index (χ3n) is 2.97. The molecule has 1 aromatic carbocycles. The van der Waals surface area contributed by atoms with E-state index in [1.807, 2.05) is 38.1 Å². The first-order valence-corrected chi connectivity index (χ1v) is 6.69. The molecule has 0 spiro atoms. The lowest BCUT2D eigenvalue weighted by molar-refractivity contribution is 0.0936.